The second-order valence-corrected chi connectivity index (χ2v) is 6.07. The van der Waals surface area contributed by atoms with Gasteiger partial charge in [0.25, 0.3) is 5.69 Å². The number of H-pyrrole nitrogens is 1. The van der Waals surface area contributed by atoms with Gasteiger partial charge in [0, 0.05) is 17.8 Å². The number of benzene rings is 2. The van der Waals surface area contributed by atoms with Crippen LogP contribution in [0.5, 0.6) is 0 Å². The first-order valence-corrected chi connectivity index (χ1v) is 8.38. The summed E-state index contributed by atoms with van der Waals surface area (Å²) in [6, 6.07) is 15.5. The standard InChI is InChI=1S/C17H14N4O3S/c22-16(19-13-6-8-14(9-7-13)21(23)24)11-25-17-18-10-15(20-17)12-4-2-1-3-5-12/h1-10H,11H2,(H,18,20)(H,19,22). The van der Waals surface area contributed by atoms with Crippen molar-refractivity contribution in [2.45, 2.75) is 5.16 Å². The summed E-state index contributed by atoms with van der Waals surface area (Å²) in [5.41, 5.74) is 2.41. The van der Waals surface area contributed by atoms with Gasteiger partial charge in [0.05, 0.1) is 22.6 Å². The number of anilines is 1. The molecule has 3 aromatic rings. The maximum absolute atomic E-state index is 12.0. The van der Waals surface area contributed by atoms with Crippen molar-refractivity contribution in [1.29, 1.82) is 0 Å². The smallest absolute Gasteiger partial charge is 0.269 e. The third kappa shape index (κ3) is 4.45. The van der Waals surface area contributed by atoms with Crippen LogP contribution in [0.3, 0.4) is 0 Å². The predicted molar refractivity (Wildman–Crippen MR) is 96.5 cm³/mol. The molecule has 0 spiro atoms. The van der Waals surface area contributed by atoms with Gasteiger partial charge in [-0.1, -0.05) is 42.1 Å². The first-order valence-electron chi connectivity index (χ1n) is 7.39. The minimum Gasteiger partial charge on any atom is -0.333 e. The van der Waals surface area contributed by atoms with Crippen LogP contribution in [0.15, 0.2) is 66.0 Å². The fourth-order valence-corrected chi connectivity index (χ4v) is 2.79. The van der Waals surface area contributed by atoms with Crippen molar-refractivity contribution in [3.8, 4) is 11.3 Å². The molecular weight excluding hydrogens is 340 g/mol. The highest BCUT2D eigenvalue weighted by molar-refractivity contribution is 7.99. The van der Waals surface area contributed by atoms with Crippen LogP contribution < -0.4 is 5.32 Å². The number of nitrogens with one attached hydrogen (secondary N) is 2. The molecule has 8 heteroatoms. The highest BCUT2D eigenvalue weighted by Gasteiger charge is 2.09. The number of carbonyl (C=O) groups is 1. The van der Waals surface area contributed by atoms with Gasteiger partial charge in [0.1, 0.15) is 0 Å². The van der Waals surface area contributed by atoms with Gasteiger partial charge in [0.15, 0.2) is 5.16 Å². The van der Waals surface area contributed by atoms with E-state index in [9.17, 15) is 14.9 Å². The van der Waals surface area contributed by atoms with Gasteiger partial charge in [-0.05, 0) is 17.7 Å². The molecule has 2 N–H and O–H groups in total. The molecular formula is C17H14N4O3S. The van der Waals surface area contributed by atoms with Crippen LogP contribution in [0, 0.1) is 10.1 Å². The van der Waals surface area contributed by atoms with E-state index in [1.165, 1.54) is 36.0 Å². The Bertz CT molecular complexity index is 878. The van der Waals surface area contributed by atoms with Crippen LogP contribution in [0.2, 0.25) is 0 Å². The minimum absolute atomic E-state index is 0.0172. The lowest BCUT2D eigenvalue weighted by atomic mass is 10.2. The lowest BCUT2D eigenvalue weighted by Gasteiger charge is -2.04. The van der Waals surface area contributed by atoms with E-state index < -0.39 is 4.92 Å². The summed E-state index contributed by atoms with van der Waals surface area (Å²) in [5.74, 6) is -0.0323. The Morgan fingerprint density at radius 1 is 1.16 bits per heavy atom. The predicted octanol–water partition coefficient (Wildman–Crippen LogP) is 3.72. The van der Waals surface area contributed by atoms with Gasteiger partial charge >= 0.3 is 0 Å². The third-order valence-corrected chi connectivity index (χ3v) is 4.23. The van der Waals surface area contributed by atoms with E-state index in [1.54, 1.807) is 6.20 Å². The molecule has 0 unspecified atom stereocenters. The number of nitro benzene ring substituents is 1. The van der Waals surface area contributed by atoms with Crippen LogP contribution in [0.4, 0.5) is 11.4 Å². The number of carbonyl (C=O) groups excluding carboxylic acids is 1. The second-order valence-electron chi connectivity index (χ2n) is 5.11. The van der Waals surface area contributed by atoms with Gasteiger partial charge in [0.2, 0.25) is 5.91 Å². The van der Waals surface area contributed by atoms with Gasteiger partial charge in [-0.15, -0.1) is 0 Å². The molecule has 0 aliphatic heterocycles. The number of hydrogen-bond acceptors (Lipinski definition) is 5. The van der Waals surface area contributed by atoms with Crippen molar-refractivity contribution in [3.05, 3.63) is 70.9 Å². The molecule has 0 aliphatic carbocycles. The molecule has 0 fully saturated rings. The summed E-state index contributed by atoms with van der Waals surface area (Å²) in [6.07, 6.45) is 1.73. The summed E-state index contributed by atoms with van der Waals surface area (Å²) in [7, 11) is 0. The number of nitro groups is 1. The number of hydrogen-bond donors (Lipinski definition) is 2. The first-order chi connectivity index (χ1) is 12.1. The monoisotopic (exact) mass is 354 g/mol. The molecule has 0 bridgehead atoms. The quantitative estimate of drug-likeness (QED) is 0.399. The van der Waals surface area contributed by atoms with Crippen molar-refractivity contribution in [1.82, 2.24) is 9.97 Å². The summed E-state index contributed by atoms with van der Waals surface area (Å²) >= 11 is 1.28. The van der Waals surface area contributed by atoms with E-state index in [2.05, 4.69) is 15.3 Å². The molecule has 25 heavy (non-hydrogen) atoms. The molecule has 2 aromatic carbocycles. The Kier molecular flexibility index (Phi) is 5.10. The van der Waals surface area contributed by atoms with Gasteiger partial charge in [-0.25, -0.2) is 4.98 Å². The molecule has 3 rings (SSSR count). The Labute approximate surface area is 147 Å². The van der Waals surface area contributed by atoms with Gasteiger partial charge < -0.3 is 10.3 Å². The zero-order chi connectivity index (χ0) is 17.6. The SMILES string of the molecule is O=C(CSc1ncc(-c2ccccc2)[nH]1)Nc1ccc([N+](=O)[O-])cc1. The molecule has 0 aliphatic rings. The third-order valence-electron chi connectivity index (χ3n) is 3.34. The number of aromatic amines is 1. The molecule has 1 heterocycles. The zero-order valence-electron chi connectivity index (χ0n) is 13.0. The van der Waals surface area contributed by atoms with Gasteiger partial charge in [-0.3, -0.25) is 14.9 Å². The van der Waals surface area contributed by atoms with Crippen molar-refractivity contribution in [2.75, 3.05) is 11.1 Å². The highest BCUT2D eigenvalue weighted by atomic mass is 32.2. The Hall–Kier alpha value is -3.13. The molecule has 7 nitrogen and oxygen atoms in total. The van der Waals surface area contributed by atoms with E-state index in [0.29, 0.717) is 10.8 Å². The van der Waals surface area contributed by atoms with E-state index >= 15 is 0 Å². The topological polar surface area (TPSA) is 101 Å². The lowest BCUT2D eigenvalue weighted by molar-refractivity contribution is -0.384. The van der Waals surface area contributed by atoms with E-state index in [4.69, 9.17) is 0 Å². The van der Waals surface area contributed by atoms with Crippen molar-refractivity contribution in [2.24, 2.45) is 0 Å². The van der Waals surface area contributed by atoms with Crippen LogP contribution in [0.1, 0.15) is 0 Å². The number of thioether (sulfide) groups is 1. The summed E-state index contributed by atoms with van der Waals surface area (Å²) in [4.78, 5) is 29.5. The number of rotatable bonds is 6. The molecule has 126 valence electrons. The lowest BCUT2D eigenvalue weighted by Crippen LogP contribution is -2.14. The second kappa shape index (κ2) is 7.63. The Balaban J connectivity index is 1.54. The average molecular weight is 354 g/mol. The van der Waals surface area contributed by atoms with Crippen LogP contribution in [-0.4, -0.2) is 26.6 Å². The fourth-order valence-electron chi connectivity index (χ4n) is 2.14. The highest BCUT2D eigenvalue weighted by Crippen LogP contribution is 2.21. The van der Waals surface area contributed by atoms with Crippen LogP contribution >= 0.6 is 11.8 Å². The zero-order valence-corrected chi connectivity index (χ0v) is 13.8. The number of non-ortho nitro benzene ring substituents is 1. The largest absolute Gasteiger partial charge is 0.333 e. The van der Waals surface area contributed by atoms with E-state index in [0.717, 1.165) is 11.3 Å². The van der Waals surface area contributed by atoms with Crippen LogP contribution in [-0.2, 0) is 4.79 Å². The molecule has 1 aromatic heterocycles. The Morgan fingerprint density at radius 3 is 2.56 bits per heavy atom. The fraction of sp³-hybridized carbons (Fsp3) is 0.0588. The van der Waals surface area contributed by atoms with Crippen molar-refractivity contribution >= 4 is 29.0 Å². The number of imidazole rings is 1. The molecule has 1 amide bonds. The van der Waals surface area contributed by atoms with Crippen LogP contribution in [0.25, 0.3) is 11.3 Å². The molecule has 0 atom stereocenters. The van der Waals surface area contributed by atoms with Crippen molar-refractivity contribution < 1.29 is 9.72 Å². The van der Waals surface area contributed by atoms with E-state index in [1.807, 2.05) is 30.3 Å². The summed E-state index contributed by atoms with van der Waals surface area (Å²) in [6.45, 7) is 0. The average Bonchev–Trinajstić information content (AvgIpc) is 3.10. The van der Waals surface area contributed by atoms with E-state index in [-0.39, 0.29) is 17.3 Å². The molecule has 0 radical (unpaired) electrons. The minimum atomic E-state index is -0.483. The number of aromatic nitrogens is 2. The maximum Gasteiger partial charge on any atom is 0.269 e. The van der Waals surface area contributed by atoms with Crippen molar-refractivity contribution in [3.63, 3.8) is 0 Å². The maximum atomic E-state index is 12.0. The summed E-state index contributed by atoms with van der Waals surface area (Å²) in [5, 5.41) is 13.9. The van der Waals surface area contributed by atoms with Gasteiger partial charge in [-0.2, -0.15) is 0 Å². The normalized spacial score (nSPS) is 10.4. The Morgan fingerprint density at radius 2 is 1.88 bits per heavy atom. The summed E-state index contributed by atoms with van der Waals surface area (Å²) < 4.78 is 0. The first kappa shape index (κ1) is 16.7. The number of amides is 1. The molecule has 0 saturated carbocycles. The number of nitrogens with zero attached hydrogens (tertiary/aromatic N) is 2. The molecule has 0 saturated heterocycles.